The minimum atomic E-state index is -3.56. The summed E-state index contributed by atoms with van der Waals surface area (Å²) in [6.45, 7) is 3.85. The third-order valence-electron chi connectivity index (χ3n) is 4.92. The number of rotatable bonds is 5. The van der Waals surface area contributed by atoms with Crippen molar-refractivity contribution in [2.45, 2.75) is 37.1 Å². The number of amides is 1. The average molecular weight is 404 g/mol. The Labute approximate surface area is 160 Å². The highest BCUT2D eigenvalue weighted by molar-refractivity contribution is 7.89. The molecule has 1 fully saturated rings. The molecule has 3 rings (SSSR count). The standard InChI is InChI=1S/C17H25N3O4S.ClH/c1-2-19-25(22,23)14-4-3-12-5-8-20(15(12)11-14)17(21)16(18)13-6-9-24-10-7-13;/h3-4,11,13,16,19H,2,5-10,18H2,1H3;1H. The van der Waals surface area contributed by atoms with Crippen molar-refractivity contribution in [1.82, 2.24) is 4.72 Å². The van der Waals surface area contributed by atoms with Gasteiger partial charge < -0.3 is 15.4 Å². The number of benzene rings is 1. The van der Waals surface area contributed by atoms with Crippen molar-refractivity contribution in [2.75, 3.05) is 31.2 Å². The summed E-state index contributed by atoms with van der Waals surface area (Å²) in [4.78, 5) is 14.7. The minimum Gasteiger partial charge on any atom is -0.381 e. The molecular formula is C17H26ClN3O4S. The van der Waals surface area contributed by atoms with Crippen molar-refractivity contribution in [3.05, 3.63) is 23.8 Å². The summed E-state index contributed by atoms with van der Waals surface area (Å²) in [5.74, 6) is -0.0253. The molecule has 0 radical (unpaired) electrons. The molecule has 7 nitrogen and oxygen atoms in total. The second kappa shape index (κ2) is 8.67. The summed E-state index contributed by atoms with van der Waals surface area (Å²) < 4.78 is 32.3. The van der Waals surface area contributed by atoms with Crippen molar-refractivity contribution in [2.24, 2.45) is 11.7 Å². The summed E-state index contributed by atoms with van der Waals surface area (Å²) >= 11 is 0. The van der Waals surface area contributed by atoms with E-state index < -0.39 is 16.1 Å². The van der Waals surface area contributed by atoms with E-state index in [2.05, 4.69) is 4.72 Å². The number of anilines is 1. The second-order valence-electron chi connectivity index (χ2n) is 6.51. The molecule has 3 N–H and O–H groups in total. The van der Waals surface area contributed by atoms with Crippen LogP contribution >= 0.6 is 12.4 Å². The quantitative estimate of drug-likeness (QED) is 0.765. The van der Waals surface area contributed by atoms with Crippen molar-refractivity contribution in [3.8, 4) is 0 Å². The topological polar surface area (TPSA) is 102 Å². The van der Waals surface area contributed by atoms with Crippen LogP contribution in [0.2, 0.25) is 0 Å². The van der Waals surface area contributed by atoms with Gasteiger partial charge in [-0.15, -0.1) is 12.4 Å². The molecule has 2 heterocycles. The monoisotopic (exact) mass is 403 g/mol. The van der Waals surface area contributed by atoms with Crippen LogP contribution in [0.4, 0.5) is 5.69 Å². The Kier molecular flexibility index (Phi) is 7.04. The summed E-state index contributed by atoms with van der Waals surface area (Å²) in [5.41, 5.74) is 7.86. The van der Waals surface area contributed by atoms with E-state index >= 15 is 0 Å². The van der Waals surface area contributed by atoms with Crippen LogP contribution in [0, 0.1) is 5.92 Å². The fourth-order valence-corrected chi connectivity index (χ4v) is 4.55. The fourth-order valence-electron chi connectivity index (χ4n) is 3.48. The van der Waals surface area contributed by atoms with E-state index in [1.165, 1.54) is 0 Å². The molecule has 1 unspecified atom stereocenters. The number of halogens is 1. The van der Waals surface area contributed by atoms with Gasteiger partial charge in [0.25, 0.3) is 0 Å². The van der Waals surface area contributed by atoms with Crippen LogP contribution in [0.3, 0.4) is 0 Å². The lowest BCUT2D eigenvalue weighted by molar-refractivity contribution is -0.121. The Bertz CT molecular complexity index is 750. The van der Waals surface area contributed by atoms with E-state index in [1.54, 1.807) is 30.0 Å². The molecule has 2 aliphatic heterocycles. The first-order chi connectivity index (χ1) is 11.9. The van der Waals surface area contributed by atoms with Gasteiger partial charge in [-0.2, -0.15) is 0 Å². The van der Waals surface area contributed by atoms with Crippen LogP contribution in [-0.2, 0) is 26.0 Å². The second-order valence-corrected chi connectivity index (χ2v) is 8.27. The third-order valence-corrected chi connectivity index (χ3v) is 6.47. The maximum atomic E-state index is 12.9. The molecule has 0 spiro atoms. The highest BCUT2D eigenvalue weighted by Crippen LogP contribution is 2.32. The van der Waals surface area contributed by atoms with E-state index in [-0.39, 0.29) is 29.1 Å². The van der Waals surface area contributed by atoms with Gasteiger partial charge in [0.15, 0.2) is 0 Å². The number of hydrogen-bond acceptors (Lipinski definition) is 5. The predicted molar refractivity (Wildman–Crippen MR) is 102 cm³/mol. The summed E-state index contributed by atoms with van der Waals surface area (Å²) in [7, 11) is -3.56. The lowest BCUT2D eigenvalue weighted by atomic mass is 9.91. The predicted octanol–water partition coefficient (Wildman–Crippen LogP) is 1.05. The van der Waals surface area contributed by atoms with Gasteiger partial charge in [0.1, 0.15) is 0 Å². The Morgan fingerprint density at radius 1 is 1.38 bits per heavy atom. The van der Waals surface area contributed by atoms with E-state index in [9.17, 15) is 13.2 Å². The molecule has 0 aromatic heterocycles. The van der Waals surface area contributed by atoms with Gasteiger partial charge in [0, 0.05) is 32.0 Å². The van der Waals surface area contributed by atoms with Crippen molar-refractivity contribution in [1.29, 1.82) is 0 Å². The highest BCUT2D eigenvalue weighted by atomic mass is 35.5. The van der Waals surface area contributed by atoms with Crippen LogP contribution in [-0.4, -0.2) is 46.7 Å². The van der Waals surface area contributed by atoms with E-state index in [4.69, 9.17) is 10.5 Å². The molecule has 1 aromatic carbocycles. The van der Waals surface area contributed by atoms with E-state index in [0.29, 0.717) is 38.4 Å². The first-order valence-electron chi connectivity index (χ1n) is 8.71. The molecule has 0 bridgehead atoms. The number of nitrogens with one attached hydrogen (secondary N) is 1. The first-order valence-corrected chi connectivity index (χ1v) is 10.2. The number of nitrogens with zero attached hydrogens (tertiary/aromatic N) is 1. The van der Waals surface area contributed by atoms with Crippen molar-refractivity contribution in [3.63, 3.8) is 0 Å². The molecule has 1 amide bonds. The van der Waals surface area contributed by atoms with Crippen LogP contribution in [0.5, 0.6) is 0 Å². The molecule has 0 aliphatic carbocycles. The summed E-state index contributed by atoms with van der Waals surface area (Å²) in [6.07, 6.45) is 2.27. The molecule has 2 aliphatic rings. The Morgan fingerprint density at radius 3 is 2.73 bits per heavy atom. The zero-order valence-corrected chi connectivity index (χ0v) is 16.4. The number of carbonyl (C=O) groups excluding carboxylic acids is 1. The fraction of sp³-hybridized carbons (Fsp3) is 0.588. The van der Waals surface area contributed by atoms with Crippen molar-refractivity contribution < 1.29 is 17.9 Å². The Morgan fingerprint density at radius 2 is 2.08 bits per heavy atom. The molecule has 146 valence electrons. The van der Waals surface area contributed by atoms with Crippen molar-refractivity contribution >= 4 is 34.0 Å². The normalized spacial score (nSPS) is 18.9. The Hall–Kier alpha value is -1.19. The van der Waals surface area contributed by atoms with Gasteiger partial charge in [-0.05, 0) is 42.9 Å². The SMILES string of the molecule is CCNS(=O)(=O)c1ccc2c(c1)N(C(=O)C(N)C1CCOCC1)CC2.Cl. The van der Waals surface area contributed by atoms with Gasteiger partial charge in [0.05, 0.1) is 10.9 Å². The molecule has 26 heavy (non-hydrogen) atoms. The first kappa shape index (κ1) is 21.1. The number of sulfonamides is 1. The number of hydrogen-bond donors (Lipinski definition) is 2. The maximum absolute atomic E-state index is 12.9. The third kappa shape index (κ3) is 4.20. The minimum absolute atomic E-state index is 0. The van der Waals surface area contributed by atoms with Gasteiger partial charge >= 0.3 is 0 Å². The van der Waals surface area contributed by atoms with Gasteiger partial charge in [0.2, 0.25) is 15.9 Å². The zero-order valence-electron chi connectivity index (χ0n) is 14.8. The largest absolute Gasteiger partial charge is 0.381 e. The molecule has 1 saturated heterocycles. The van der Waals surface area contributed by atoms with Crippen LogP contribution in [0.15, 0.2) is 23.1 Å². The van der Waals surface area contributed by atoms with Crippen LogP contribution in [0.25, 0.3) is 0 Å². The summed E-state index contributed by atoms with van der Waals surface area (Å²) in [6, 6.07) is 4.37. The molecule has 1 atom stereocenters. The molecule has 9 heteroatoms. The van der Waals surface area contributed by atoms with E-state index in [0.717, 1.165) is 18.4 Å². The zero-order chi connectivity index (χ0) is 18.0. The molecule has 0 saturated carbocycles. The van der Waals surface area contributed by atoms with Gasteiger partial charge in [-0.3, -0.25) is 4.79 Å². The lowest BCUT2D eigenvalue weighted by Crippen LogP contribution is -2.48. The summed E-state index contributed by atoms with van der Waals surface area (Å²) in [5, 5.41) is 0. The van der Waals surface area contributed by atoms with Gasteiger partial charge in [-0.25, -0.2) is 13.1 Å². The van der Waals surface area contributed by atoms with Gasteiger partial charge in [-0.1, -0.05) is 13.0 Å². The van der Waals surface area contributed by atoms with Crippen LogP contribution < -0.4 is 15.4 Å². The van der Waals surface area contributed by atoms with Crippen LogP contribution in [0.1, 0.15) is 25.3 Å². The Balaban J connectivity index is 0.00000243. The molecule has 1 aromatic rings. The highest BCUT2D eigenvalue weighted by Gasteiger charge is 2.34. The number of carbonyl (C=O) groups is 1. The maximum Gasteiger partial charge on any atom is 0.244 e. The molecular weight excluding hydrogens is 378 g/mol. The van der Waals surface area contributed by atoms with E-state index in [1.807, 2.05) is 0 Å². The lowest BCUT2D eigenvalue weighted by Gasteiger charge is -2.30. The number of fused-ring (bicyclic) bond motifs is 1. The smallest absolute Gasteiger partial charge is 0.244 e. The number of nitrogens with two attached hydrogens (primary N) is 1. The average Bonchev–Trinajstić information content (AvgIpc) is 3.04. The number of ether oxygens (including phenoxy) is 1.